The van der Waals surface area contributed by atoms with E-state index >= 15 is 0 Å². The minimum Gasteiger partial charge on any atom is -0.457 e. The summed E-state index contributed by atoms with van der Waals surface area (Å²) in [6, 6.07) is 108. The molecule has 5 nitrogen and oxygen atoms in total. The first kappa shape index (κ1) is 82.5. The van der Waals surface area contributed by atoms with Gasteiger partial charge in [-0.05, 0) is 218 Å². The van der Waals surface area contributed by atoms with Crippen LogP contribution in [0.3, 0.4) is 0 Å². The summed E-state index contributed by atoms with van der Waals surface area (Å²) in [5.74, 6) is 5.13. The number of hydrogen-bond donors (Lipinski definition) is 0. The summed E-state index contributed by atoms with van der Waals surface area (Å²) in [4.78, 5) is 0.680. The van der Waals surface area contributed by atoms with Crippen LogP contribution in [0.4, 0.5) is 0 Å². The Hall–Kier alpha value is -10.8. The molecule has 0 saturated heterocycles. The molecule has 13 aromatic rings. The summed E-state index contributed by atoms with van der Waals surface area (Å²) < 4.78 is 42.1. The van der Waals surface area contributed by atoms with Crippen LogP contribution in [0.1, 0.15) is 149 Å². The van der Waals surface area contributed by atoms with Gasteiger partial charge in [-0.25, -0.2) is 8.42 Å². The van der Waals surface area contributed by atoms with Gasteiger partial charge in [0.25, 0.3) is 0 Å². The number of rotatable bonds is 15. The average Bonchev–Trinajstić information content (AvgIpc) is 0.836. The van der Waals surface area contributed by atoms with Crippen LogP contribution in [0.15, 0.2) is 331 Å². The van der Waals surface area contributed by atoms with Crippen molar-refractivity contribution in [3.63, 3.8) is 0 Å². The smallest absolute Gasteiger partial charge is 0.206 e. The van der Waals surface area contributed by atoms with Crippen molar-refractivity contribution < 1.29 is 22.6 Å². The molecule has 13 aromatic carbocycles. The normalized spacial score (nSPS) is 10.7. The van der Waals surface area contributed by atoms with Gasteiger partial charge in [-0.15, -0.1) is 0 Å². The SMILES string of the molecule is CCC.CCc1ccccc1.Cc1ccc(C(C)(C)c2ccc(C)cc2)cc1.Cc1ccc(Cc2ccc(C)cc2)cc1.Cc1ccc(Oc2ccc(C(C)(C)c3ccc(Oc4ccc(C)cc4)cc3)cc2)cc1.Cc1ccc(Oc2ccc(C)cc2)cc1.Cc1ccc(S(=O)(=O)c2ccc(C)cc2)cc1. The van der Waals surface area contributed by atoms with E-state index in [2.05, 4.69) is 274 Å². The van der Waals surface area contributed by atoms with Gasteiger partial charge in [-0.3, -0.25) is 0 Å². The maximum Gasteiger partial charge on any atom is 0.206 e. The van der Waals surface area contributed by atoms with E-state index in [1.165, 1.54) is 89.9 Å². The number of benzene rings is 13. The zero-order valence-electron chi connectivity index (χ0n) is 65.7. The lowest BCUT2D eigenvalue weighted by molar-refractivity contribution is 0.481. The first-order valence-corrected chi connectivity index (χ1v) is 38.4. The van der Waals surface area contributed by atoms with Crippen molar-refractivity contribution in [2.45, 2.75) is 158 Å². The molecule has 0 amide bonds. The van der Waals surface area contributed by atoms with Crippen LogP contribution in [0.5, 0.6) is 34.5 Å². The molecule has 0 unspecified atom stereocenters. The summed E-state index contributed by atoms with van der Waals surface area (Å²) in [5, 5.41) is 0. The quantitative estimate of drug-likeness (QED) is 0.102. The lowest BCUT2D eigenvalue weighted by atomic mass is 9.78. The van der Waals surface area contributed by atoms with Crippen molar-refractivity contribution in [2.75, 3.05) is 0 Å². The van der Waals surface area contributed by atoms with Crippen LogP contribution in [0, 0.1) is 69.2 Å². The van der Waals surface area contributed by atoms with Crippen LogP contribution in [-0.2, 0) is 33.5 Å². The third-order valence-electron chi connectivity index (χ3n) is 18.1. The maximum atomic E-state index is 12.3. The molecule has 0 aromatic heterocycles. The number of ether oxygens (including phenoxy) is 3. The van der Waals surface area contributed by atoms with Crippen molar-refractivity contribution in [1.29, 1.82) is 0 Å². The van der Waals surface area contributed by atoms with Crippen LogP contribution in [0.2, 0.25) is 0 Å². The van der Waals surface area contributed by atoms with Crippen molar-refractivity contribution in [3.05, 3.63) is 416 Å². The largest absolute Gasteiger partial charge is 0.457 e. The van der Waals surface area contributed by atoms with Crippen LogP contribution >= 0.6 is 0 Å². The molecule has 0 aliphatic carbocycles. The predicted molar refractivity (Wildman–Crippen MR) is 449 cm³/mol. The number of sulfone groups is 1. The standard InChI is InChI=1S/C29H28O2.C17H20.C15H16.C14H14O2S.C14H14O.C8H10.C3H8/c1-21-5-13-25(14-6-21)30-27-17-9-23(10-18-27)29(3,4)24-11-19-28(20-12-24)31-26-15-7-22(2)8-16-26;1-13-5-9-15(10-6-13)17(3,4)16-11-7-14(2)8-12-16;1-12-3-7-14(8-4-12)11-15-9-5-13(2)6-10-15;1-11-3-7-13(8-4-11)17(15,16)14-9-5-12(2)6-10-14;1-11-3-7-13(8-4-11)15-14-9-5-12(2)6-10-14;1-2-8-6-4-3-5-7-8;1-3-2/h5-20H,1-4H3;5-12H,1-4H3;3-10H,11H2,1-2H3;3-10H,1-2H3;3-10H,1-2H3;3-7H,2H2,1H3;3H2,1-2H3. The van der Waals surface area contributed by atoms with Gasteiger partial charge in [0, 0.05) is 10.8 Å². The Morgan fingerprint density at radius 2 is 0.415 bits per heavy atom. The Balaban J connectivity index is 0.000000183. The van der Waals surface area contributed by atoms with Gasteiger partial charge in [0.2, 0.25) is 9.84 Å². The molecule has 0 aliphatic rings. The summed E-state index contributed by atoms with van der Waals surface area (Å²) >= 11 is 0. The number of aryl methyl sites for hydroxylation is 11. The Labute approximate surface area is 636 Å². The Morgan fingerprint density at radius 1 is 0.236 bits per heavy atom. The molecule has 106 heavy (non-hydrogen) atoms. The van der Waals surface area contributed by atoms with Gasteiger partial charge in [0.05, 0.1) is 9.79 Å². The van der Waals surface area contributed by atoms with E-state index in [1.54, 1.807) is 48.5 Å². The van der Waals surface area contributed by atoms with Crippen molar-refractivity contribution >= 4 is 9.84 Å². The zero-order chi connectivity index (χ0) is 76.7. The van der Waals surface area contributed by atoms with Gasteiger partial charge >= 0.3 is 0 Å². The van der Waals surface area contributed by atoms with Crippen molar-refractivity contribution in [3.8, 4) is 34.5 Å². The molecule has 0 bridgehead atoms. The molecule has 0 atom stereocenters. The third-order valence-corrected chi connectivity index (χ3v) is 19.8. The highest BCUT2D eigenvalue weighted by atomic mass is 32.2. The number of hydrogen-bond acceptors (Lipinski definition) is 5. The second kappa shape index (κ2) is 41.0. The van der Waals surface area contributed by atoms with Crippen LogP contribution in [-0.4, -0.2) is 8.42 Å². The third kappa shape index (κ3) is 27.0. The Bertz CT molecular complexity index is 4390. The fourth-order valence-corrected chi connectivity index (χ4v) is 12.2. The summed E-state index contributed by atoms with van der Waals surface area (Å²) in [6.07, 6.45) is 3.42. The Morgan fingerprint density at radius 3 is 0.623 bits per heavy atom. The van der Waals surface area contributed by atoms with Crippen molar-refractivity contribution in [1.82, 2.24) is 0 Å². The molecule has 0 radical (unpaired) electrons. The molecule has 546 valence electrons. The van der Waals surface area contributed by atoms with Gasteiger partial charge in [-0.2, -0.15) is 0 Å². The average molecular weight is 1420 g/mol. The lowest BCUT2D eigenvalue weighted by Crippen LogP contribution is -2.18. The first-order chi connectivity index (χ1) is 50.7. The van der Waals surface area contributed by atoms with Crippen LogP contribution in [0.25, 0.3) is 0 Å². The molecular weight excluding hydrogens is 1310 g/mol. The topological polar surface area (TPSA) is 61.8 Å². The van der Waals surface area contributed by atoms with Crippen molar-refractivity contribution in [2.24, 2.45) is 0 Å². The first-order valence-electron chi connectivity index (χ1n) is 36.9. The second-order valence-electron chi connectivity index (χ2n) is 28.4. The summed E-state index contributed by atoms with van der Waals surface area (Å²) in [7, 11) is -3.37. The fraction of sp³-hybridized carbons (Fsp3) is 0.220. The highest BCUT2D eigenvalue weighted by molar-refractivity contribution is 7.91. The van der Waals surface area contributed by atoms with E-state index in [9.17, 15) is 8.42 Å². The molecule has 0 saturated carbocycles. The minimum atomic E-state index is -3.37. The molecular formula is C100H110O5S. The van der Waals surface area contributed by atoms with E-state index in [0.717, 1.165) is 58.5 Å². The zero-order valence-corrected chi connectivity index (χ0v) is 66.5. The summed E-state index contributed by atoms with van der Waals surface area (Å²) in [6.45, 7) is 36.1. The monoisotopic (exact) mass is 1420 g/mol. The highest BCUT2D eigenvalue weighted by Crippen LogP contribution is 2.36. The molecule has 0 N–H and O–H groups in total. The lowest BCUT2D eigenvalue weighted by Gasteiger charge is -2.26. The van der Waals surface area contributed by atoms with Crippen LogP contribution < -0.4 is 14.2 Å². The molecule has 0 heterocycles. The second-order valence-corrected chi connectivity index (χ2v) is 30.4. The molecule has 0 spiro atoms. The van der Waals surface area contributed by atoms with Gasteiger partial charge in [-0.1, -0.05) is 335 Å². The predicted octanol–water partition coefficient (Wildman–Crippen LogP) is 27.6. The molecule has 6 heteroatoms. The van der Waals surface area contributed by atoms with Gasteiger partial charge in [0.1, 0.15) is 34.5 Å². The molecule has 0 fully saturated rings. The fourth-order valence-electron chi connectivity index (χ4n) is 10.9. The highest BCUT2D eigenvalue weighted by Gasteiger charge is 2.24. The summed E-state index contributed by atoms with van der Waals surface area (Å²) in [5.41, 5.74) is 21.6. The van der Waals surface area contributed by atoms with E-state index in [4.69, 9.17) is 14.2 Å². The molecule has 13 rings (SSSR count). The Kier molecular flexibility index (Phi) is 31.9. The molecule has 0 aliphatic heterocycles. The van der Waals surface area contributed by atoms with E-state index in [1.807, 2.05) is 117 Å². The van der Waals surface area contributed by atoms with E-state index < -0.39 is 9.84 Å². The van der Waals surface area contributed by atoms with Gasteiger partial charge < -0.3 is 14.2 Å². The van der Waals surface area contributed by atoms with E-state index in [0.29, 0.717) is 9.79 Å². The minimum absolute atomic E-state index is 0.0708. The maximum absolute atomic E-state index is 12.3. The van der Waals surface area contributed by atoms with E-state index in [-0.39, 0.29) is 10.8 Å². The van der Waals surface area contributed by atoms with Gasteiger partial charge in [0.15, 0.2) is 0 Å².